The summed E-state index contributed by atoms with van der Waals surface area (Å²) < 4.78 is 5.39. The molecule has 0 saturated carbocycles. The van der Waals surface area contributed by atoms with Crippen LogP contribution >= 0.6 is 0 Å². The first-order valence-corrected chi connectivity index (χ1v) is 3.90. The number of hydrogen-bond acceptors (Lipinski definition) is 1. The van der Waals surface area contributed by atoms with E-state index in [1.165, 1.54) is 12.8 Å². The van der Waals surface area contributed by atoms with Crippen molar-refractivity contribution in [3.63, 3.8) is 0 Å². The van der Waals surface area contributed by atoms with E-state index in [0.717, 1.165) is 25.0 Å². The summed E-state index contributed by atoms with van der Waals surface area (Å²) in [6, 6.07) is 0. The molecule has 1 nitrogen and oxygen atoms in total. The lowest BCUT2D eigenvalue weighted by molar-refractivity contribution is 0.0200. The van der Waals surface area contributed by atoms with Gasteiger partial charge < -0.3 is 4.74 Å². The summed E-state index contributed by atoms with van der Waals surface area (Å²) in [5, 5.41) is 0. The molecule has 0 radical (unpaired) electrons. The molecule has 1 fully saturated rings. The smallest absolute Gasteiger partial charge is 0.0494 e. The molecular weight excluding hydrogens is 112 g/mol. The molecule has 1 aliphatic rings. The van der Waals surface area contributed by atoms with E-state index in [2.05, 4.69) is 13.8 Å². The van der Waals surface area contributed by atoms with Crippen molar-refractivity contribution in [3.05, 3.63) is 0 Å². The van der Waals surface area contributed by atoms with E-state index in [9.17, 15) is 0 Å². The molecule has 1 heteroatoms. The van der Waals surface area contributed by atoms with Crippen molar-refractivity contribution in [2.24, 2.45) is 11.8 Å². The summed E-state index contributed by atoms with van der Waals surface area (Å²) in [6.45, 7) is 6.49. The first kappa shape index (κ1) is 7.07. The predicted molar refractivity (Wildman–Crippen MR) is 38.4 cm³/mol. The maximum absolute atomic E-state index is 5.39. The van der Waals surface area contributed by atoms with Gasteiger partial charge in [-0.25, -0.2) is 0 Å². The molecule has 1 heterocycles. The molecule has 0 amide bonds. The van der Waals surface area contributed by atoms with E-state index in [1.54, 1.807) is 0 Å². The highest BCUT2D eigenvalue weighted by Crippen LogP contribution is 2.20. The second-order valence-electron chi connectivity index (χ2n) is 3.15. The van der Waals surface area contributed by atoms with Gasteiger partial charge in [0.2, 0.25) is 0 Å². The average Bonchev–Trinajstić information content (AvgIpc) is 1.88. The van der Waals surface area contributed by atoms with E-state index >= 15 is 0 Å². The minimum atomic E-state index is 0.795. The maximum atomic E-state index is 5.39. The molecule has 0 N–H and O–H groups in total. The molecule has 0 aromatic rings. The zero-order chi connectivity index (χ0) is 6.69. The fraction of sp³-hybridized carbons (Fsp3) is 1.00. The van der Waals surface area contributed by atoms with Crippen LogP contribution in [0.5, 0.6) is 0 Å². The SMILES string of the molecule is CCC1COCC(C)C1. The Kier molecular flexibility index (Phi) is 2.52. The predicted octanol–water partition coefficient (Wildman–Crippen LogP) is 2.07. The van der Waals surface area contributed by atoms with Crippen LogP contribution in [0.2, 0.25) is 0 Å². The molecular formula is C8H16O. The third kappa shape index (κ3) is 1.98. The highest BCUT2D eigenvalue weighted by atomic mass is 16.5. The monoisotopic (exact) mass is 128 g/mol. The summed E-state index contributed by atoms with van der Waals surface area (Å²) in [7, 11) is 0. The second kappa shape index (κ2) is 3.21. The molecule has 0 aromatic heterocycles. The molecule has 0 aliphatic carbocycles. The fourth-order valence-electron chi connectivity index (χ4n) is 1.43. The normalized spacial score (nSPS) is 36.7. The van der Waals surface area contributed by atoms with Crippen LogP contribution in [0.3, 0.4) is 0 Å². The van der Waals surface area contributed by atoms with E-state index in [-0.39, 0.29) is 0 Å². The van der Waals surface area contributed by atoms with Crippen molar-refractivity contribution in [2.45, 2.75) is 26.7 Å². The molecule has 0 aromatic carbocycles. The Morgan fingerprint density at radius 2 is 2.22 bits per heavy atom. The Hall–Kier alpha value is -0.0400. The lowest BCUT2D eigenvalue weighted by atomic mass is 9.93. The Morgan fingerprint density at radius 1 is 1.44 bits per heavy atom. The van der Waals surface area contributed by atoms with Gasteiger partial charge in [0.05, 0.1) is 0 Å². The summed E-state index contributed by atoms with van der Waals surface area (Å²) in [5.74, 6) is 1.64. The molecule has 1 saturated heterocycles. The Bertz CT molecular complexity index is 80.6. The zero-order valence-corrected chi connectivity index (χ0v) is 6.39. The minimum Gasteiger partial charge on any atom is -0.381 e. The van der Waals surface area contributed by atoms with Gasteiger partial charge in [-0.05, 0) is 18.3 Å². The van der Waals surface area contributed by atoms with E-state index in [0.29, 0.717) is 0 Å². The molecule has 0 bridgehead atoms. The van der Waals surface area contributed by atoms with Gasteiger partial charge in [0.25, 0.3) is 0 Å². The number of ether oxygens (including phenoxy) is 1. The van der Waals surface area contributed by atoms with Gasteiger partial charge in [-0.15, -0.1) is 0 Å². The summed E-state index contributed by atoms with van der Waals surface area (Å²) in [6.07, 6.45) is 2.65. The van der Waals surface area contributed by atoms with Gasteiger partial charge in [0, 0.05) is 13.2 Å². The van der Waals surface area contributed by atoms with E-state index < -0.39 is 0 Å². The molecule has 1 rings (SSSR count). The molecule has 54 valence electrons. The van der Waals surface area contributed by atoms with Crippen LogP contribution in [0, 0.1) is 11.8 Å². The van der Waals surface area contributed by atoms with Gasteiger partial charge in [-0.1, -0.05) is 20.3 Å². The second-order valence-corrected chi connectivity index (χ2v) is 3.15. The first-order valence-electron chi connectivity index (χ1n) is 3.90. The van der Waals surface area contributed by atoms with Crippen molar-refractivity contribution in [2.75, 3.05) is 13.2 Å². The third-order valence-electron chi connectivity index (χ3n) is 2.07. The molecule has 1 aliphatic heterocycles. The first-order chi connectivity index (χ1) is 4.33. The van der Waals surface area contributed by atoms with Crippen molar-refractivity contribution in [3.8, 4) is 0 Å². The molecule has 2 atom stereocenters. The quantitative estimate of drug-likeness (QED) is 0.525. The molecule has 9 heavy (non-hydrogen) atoms. The van der Waals surface area contributed by atoms with Crippen molar-refractivity contribution < 1.29 is 4.74 Å². The van der Waals surface area contributed by atoms with Crippen molar-refractivity contribution in [1.82, 2.24) is 0 Å². The maximum Gasteiger partial charge on any atom is 0.0494 e. The average molecular weight is 128 g/mol. The van der Waals surface area contributed by atoms with E-state index in [1.807, 2.05) is 0 Å². The standard InChI is InChI=1S/C8H16O/c1-3-8-4-7(2)5-9-6-8/h7-8H,3-6H2,1-2H3. The summed E-state index contributed by atoms with van der Waals surface area (Å²) in [5.41, 5.74) is 0. The van der Waals surface area contributed by atoms with Crippen molar-refractivity contribution in [1.29, 1.82) is 0 Å². The minimum absolute atomic E-state index is 0.795. The summed E-state index contributed by atoms with van der Waals surface area (Å²) in [4.78, 5) is 0. The van der Waals surface area contributed by atoms with Gasteiger partial charge in [-0.2, -0.15) is 0 Å². The third-order valence-corrected chi connectivity index (χ3v) is 2.07. The highest BCUT2D eigenvalue weighted by molar-refractivity contribution is 4.65. The lowest BCUT2D eigenvalue weighted by Crippen LogP contribution is -2.22. The Balaban J connectivity index is 2.23. The molecule has 0 spiro atoms. The van der Waals surface area contributed by atoms with Crippen LogP contribution in [0.25, 0.3) is 0 Å². The fourth-order valence-corrected chi connectivity index (χ4v) is 1.43. The topological polar surface area (TPSA) is 9.23 Å². The van der Waals surface area contributed by atoms with Crippen LogP contribution in [-0.2, 0) is 4.74 Å². The lowest BCUT2D eigenvalue weighted by Gasteiger charge is -2.25. The Morgan fingerprint density at radius 3 is 2.67 bits per heavy atom. The van der Waals surface area contributed by atoms with Gasteiger partial charge >= 0.3 is 0 Å². The van der Waals surface area contributed by atoms with Crippen LogP contribution < -0.4 is 0 Å². The number of hydrogen-bond donors (Lipinski definition) is 0. The summed E-state index contributed by atoms with van der Waals surface area (Å²) >= 11 is 0. The Labute approximate surface area is 57.4 Å². The zero-order valence-electron chi connectivity index (χ0n) is 6.39. The molecule has 2 unspecified atom stereocenters. The van der Waals surface area contributed by atoms with Crippen LogP contribution in [-0.4, -0.2) is 13.2 Å². The van der Waals surface area contributed by atoms with Crippen LogP contribution in [0.4, 0.5) is 0 Å². The highest BCUT2D eigenvalue weighted by Gasteiger charge is 2.16. The van der Waals surface area contributed by atoms with Gasteiger partial charge in [-0.3, -0.25) is 0 Å². The van der Waals surface area contributed by atoms with Crippen LogP contribution in [0.15, 0.2) is 0 Å². The van der Waals surface area contributed by atoms with Gasteiger partial charge in [0.15, 0.2) is 0 Å². The number of rotatable bonds is 1. The van der Waals surface area contributed by atoms with Crippen molar-refractivity contribution >= 4 is 0 Å². The van der Waals surface area contributed by atoms with E-state index in [4.69, 9.17) is 4.74 Å². The largest absolute Gasteiger partial charge is 0.381 e. The van der Waals surface area contributed by atoms with Gasteiger partial charge in [0.1, 0.15) is 0 Å². The van der Waals surface area contributed by atoms with Crippen LogP contribution in [0.1, 0.15) is 26.7 Å².